The predicted molar refractivity (Wildman–Crippen MR) is 128 cm³/mol. The van der Waals surface area contributed by atoms with E-state index in [2.05, 4.69) is 41.5 Å². The molecule has 0 saturated heterocycles. The minimum absolute atomic E-state index is 0.261. The molecule has 0 amide bonds. The smallest absolute Gasteiger partial charge is 0.227 e. The third-order valence-corrected chi connectivity index (χ3v) is 5.43. The van der Waals surface area contributed by atoms with E-state index in [1.807, 2.05) is 72.9 Å². The Morgan fingerprint density at radius 1 is 1.03 bits per heavy atom. The summed E-state index contributed by atoms with van der Waals surface area (Å²) in [5.74, 6) is 1.09. The quantitative estimate of drug-likeness (QED) is 0.306. The van der Waals surface area contributed by atoms with Crippen molar-refractivity contribution in [3.8, 4) is 11.4 Å². The molecule has 0 radical (unpaired) electrons. The molecule has 2 heterocycles. The van der Waals surface area contributed by atoms with Crippen LogP contribution in [0.5, 0.6) is 5.75 Å². The number of anilines is 2. The van der Waals surface area contributed by atoms with Crippen LogP contribution in [0.25, 0.3) is 16.6 Å². The van der Waals surface area contributed by atoms with Crippen LogP contribution in [0.4, 0.5) is 11.6 Å². The highest BCUT2D eigenvalue weighted by molar-refractivity contribution is 9.10. The van der Waals surface area contributed by atoms with E-state index in [0.29, 0.717) is 27.9 Å². The summed E-state index contributed by atoms with van der Waals surface area (Å²) >= 11 is 9.50. The molecule has 1 N–H and O–H groups in total. The molecule has 32 heavy (non-hydrogen) atoms. The normalized spacial score (nSPS) is 10.9. The highest BCUT2D eigenvalue weighted by Gasteiger charge is 2.09. The number of hydrogen-bond acceptors (Lipinski definition) is 6. The summed E-state index contributed by atoms with van der Waals surface area (Å²) in [5, 5.41) is 13.1. The van der Waals surface area contributed by atoms with Crippen LogP contribution in [0, 0.1) is 0 Å². The molecule has 0 saturated carbocycles. The molecular weight excluding hydrogens is 492 g/mol. The average molecular weight is 508 g/mol. The Kier molecular flexibility index (Phi) is 5.70. The minimum atomic E-state index is 0.261. The molecular formula is C23H16BrClN6O. The van der Waals surface area contributed by atoms with Gasteiger partial charge in [0.05, 0.1) is 11.9 Å². The Labute approximate surface area is 197 Å². The molecule has 0 unspecified atom stereocenters. The number of aromatic nitrogens is 5. The third kappa shape index (κ3) is 4.56. The molecule has 9 heteroatoms. The van der Waals surface area contributed by atoms with E-state index in [0.717, 1.165) is 21.2 Å². The second-order valence-electron chi connectivity index (χ2n) is 6.94. The average Bonchev–Trinajstić information content (AvgIpc) is 3.27. The lowest BCUT2D eigenvalue weighted by Crippen LogP contribution is -2.00. The molecule has 0 aliphatic carbocycles. The lowest BCUT2D eigenvalue weighted by molar-refractivity contribution is 0.304. The lowest BCUT2D eigenvalue weighted by atomic mass is 10.2. The van der Waals surface area contributed by atoms with Gasteiger partial charge in [-0.1, -0.05) is 50.9 Å². The molecule has 0 bridgehead atoms. The molecule has 3 aromatic carbocycles. The lowest BCUT2D eigenvalue weighted by Gasteiger charge is -2.09. The number of fused-ring (bicyclic) bond motifs is 1. The van der Waals surface area contributed by atoms with E-state index < -0.39 is 0 Å². The molecule has 0 spiro atoms. The van der Waals surface area contributed by atoms with Crippen LogP contribution in [0.2, 0.25) is 5.02 Å². The number of hydrogen-bond donors (Lipinski definition) is 1. The van der Waals surface area contributed by atoms with Crippen molar-refractivity contribution in [2.75, 3.05) is 5.32 Å². The molecule has 158 valence electrons. The van der Waals surface area contributed by atoms with Crippen LogP contribution >= 0.6 is 27.5 Å². The fourth-order valence-electron chi connectivity index (χ4n) is 3.14. The van der Waals surface area contributed by atoms with Crippen LogP contribution in [-0.4, -0.2) is 25.0 Å². The van der Waals surface area contributed by atoms with Crippen LogP contribution in [0.3, 0.4) is 0 Å². The number of para-hydroxylation sites is 1. The highest BCUT2D eigenvalue weighted by Crippen LogP contribution is 2.26. The number of nitrogens with zero attached hydrogens (tertiary/aromatic N) is 5. The van der Waals surface area contributed by atoms with E-state index in [-0.39, 0.29) is 6.61 Å². The van der Waals surface area contributed by atoms with Gasteiger partial charge in [0.15, 0.2) is 0 Å². The van der Waals surface area contributed by atoms with Crippen LogP contribution in [0.1, 0.15) is 5.69 Å². The van der Waals surface area contributed by atoms with Crippen molar-refractivity contribution < 1.29 is 4.74 Å². The first-order chi connectivity index (χ1) is 15.6. The van der Waals surface area contributed by atoms with Crippen molar-refractivity contribution >= 4 is 50.1 Å². The van der Waals surface area contributed by atoms with Crippen LogP contribution < -0.4 is 10.1 Å². The summed E-state index contributed by atoms with van der Waals surface area (Å²) in [7, 11) is 0. The number of nitrogens with one attached hydrogen (secondary N) is 1. The van der Waals surface area contributed by atoms with Gasteiger partial charge >= 0.3 is 0 Å². The fourth-order valence-corrected chi connectivity index (χ4v) is 3.59. The van der Waals surface area contributed by atoms with Crippen molar-refractivity contribution in [2.24, 2.45) is 0 Å². The molecule has 7 nitrogen and oxygen atoms in total. The maximum absolute atomic E-state index is 6.06. The van der Waals surface area contributed by atoms with Gasteiger partial charge in [0.25, 0.3) is 0 Å². The molecule has 0 atom stereocenters. The Morgan fingerprint density at radius 2 is 1.88 bits per heavy atom. The van der Waals surface area contributed by atoms with E-state index >= 15 is 0 Å². The molecule has 5 aromatic rings. The first-order valence-electron chi connectivity index (χ1n) is 9.72. The first-order valence-corrected chi connectivity index (χ1v) is 10.9. The van der Waals surface area contributed by atoms with Crippen molar-refractivity contribution in [3.05, 3.63) is 94.3 Å². The predicted octanol–water partition coefficient (Wildman–Crippen LogP) is 5.95. The van der Waals surface area contributed by atoms with E-state index in [1.54, 1.807) is 10.9 Å². The standard InChI is InChI=1S/C23H16BrClN6O/c24-16-7-9-20(10-8-16)31-13-19(29-30-31)14-32-21-6-1-3-15-12-26-23(28-22(15)21)27-18-5-2-4-17(25)11-18/h1-13H,14H2,(H,26,27,28). The molecule has 0 fully saturated rings. The summed E-state index contributed by atoms with van der Waals surface area (Å²) in [5.41, 5.74) is 3.13. The van der Waals surface area contributed by atoms with Gasteiger partial charge in [-0.2, -0.15) is 0 Å². The monoisotopic (exact) mass is 506 g/mol. The van der Waals surface area contributed by atoms with Gasteiger partial charge < -0.3 is 10.1 Å². The molecule has 5 rings (SSSR count). The minimum Gasteiger partial charge on any atom is -0.485 e. The maximum atomic E-state index is 6.06. The van der Waals surface area contributed by atoms with Gasteiger partial charge in [-0.05, 0) is 48.5 Å². The fraction of sp³-hybridized carbons (Fsp3) is 0.0435. The Hall–Kier alpha value is -3.49. The molecule has 0 aliphatic rings. The van der Waals surface area contributed by atoms with Crippen molar-refractivity contribution in [1.82, 2.24) is 25.0 Å². The topological polar surface area (TPSA) is 77.8 Å². The highest BCUT2D eigenvalue weighted by atomic mass is 79.9. The summed E-state index contributed by atoms with van der Waals surface area (Å²) in [6, 6.07) is 20.9. The number of halogens is 2. The van der Waals surface area contributed by atoms with Gasteiger partial charge in [0.2, 0.25) is 5.95 Å². The Balaban J connectivity index is 1.35. The summed E-state index contributed by atoms with van der Waals surface area (Å²) in [6.45, 7) is 0.261. The SMILES string of the molecule is Clc1cccc(Nc2ncc3cccc(OCc4cn(-c5ccc(Br)cc5)nn4)c3n2)c1. The van der Waals surface area contributed by atoms with Crippen molar-refractivity contribution in [1.29, 1.82) is 0 Å². The van der Waals surface area contributed by atoms with Crippen LogP contribution in [0.15, 0.2) is 83.6 Å². The maximum Gasteiger partial charge on any atom is 0.227 e. The zero-order chi connectivity index (χ0) is 21.9. The second kappa shape index (κ2) is 8.94. The molecule has 2 aromatic heterocycles. The summed E-state index contributed by atoms with van der Waals surface area (Å²) < 4.78 is 8.75. The summed E-state index contributed by atoms with van der Waals surface area (Å²) in [6.07, 6.45) is 3.60. The van der Waals surface area contributed by atoms with Gasteiger partial charge in [-0.25, -0.2) is 14.6 Å². The van der Waals surface area contributed by atoms with Gasteiger partial charge in [0, 0.05) is 26.8 Å². The number of benzene rings is 3. The zero-order valence-corrected chi connectivity index (χ0v) is 19.0. The number of rotatable bonds is 6. The van der Waals surface area contributed by atoms with Crippen molar-refractivity contribution in [2.45, 2.75) is 6.61 Å². The summed E-state index contributed by atoms with van der Waals surface area (Å²) in [4.78, 5) is 9.02. The first kappa shape index (κ1) is 20.4. The van der Waals surface area contributed by atoms with Gasteiger partial charge in [-0.3, -0.25) is 0 Å². The Morgan fingerprint density at radius 3 is 2.72 bits per heavy atom. The van der Waals surface area contributed by atoms with E-state index in [4.69, 9.17) is 16.3 Å². The largest absolute Gasteiger partial charge is 0.485 e. The van der Waals surface area contributed by atoms with Crippen molar-refractivity contribution in [3.63, 3.8) is 0 Å². The number of ether oxygens (including phenoxy) is 1. The van der Waals surface area contributed by atoms with E-state index in [1.165, 1.54) is 0 Å². The van der Waals surface area contributed by atoms with Crippen LogP contribution in [-0.2, 0) is 6.61 Å². The zero-order valence-electron chi connectivity index (χ0n) is 16.6. The van der Waals surface area contributed by atoms with E-state index in [9.17, 15) is 0 Å². The second-order valence-corrected chi connectivity index (χ2v) is 8.29. The molecule has 0 aliphatic heterocycles. The third-order valence-electron chi connectivity index (χ3n) is 4.66. The van der Waals surface area contributed by atoms with Gasteiger partial charge in [0.1, 0.15) is 23.6 Å². The Bertz CT molecular complexity index is 1390. The van der Waals surface area contributed by atoms with Gasteiger partial charge in [-0.15, -0.1) is 5.10 Å².